The number of nitrogens with one attached hydrogen (secondary N) is 3. The van der Waals surface area contributed by atoms with Crippen LogP contribution in [0.4, 0.5) is 11.4 Å². The Labute approximate surface area is 125 Å². The lowest BCUT2D eigenvalue weighted by Crippen LogP contribution is -2.28. The van der Waals surface area contributed by atoms with E-state index in [2.05, 4.69) is 16.0 Å². The van der Waals surface area contributed by atoms with Crippen molar-refractivity contribution in [3.05, 3.63) is 24.3 Å². The maximum Gasteiger partial charge on any atom is 0.224 e. The molecule has 2 amide bonds. The molecule has 0 aliphatic carbocycles. The Morgan fingerprint density at radius 2 is 1.67 bits per heavy atom. The van der Waals surface area contributed by atoms with E-state index in [0.29, 0.717) is 12.3 Å². The monoisotopic (exact) mass is 289 g/mol. The van der Waals surface area contributed by atoms with Gasteiger partial charge in [0.2, 0.25) is 11.8 Å². The Bertz CT molecular complexity index is 479. The molecule has 0 unspecified atom stereocenters. The Morgan fingerprint density at radius 3 is 2.24 bits per heavy atom. The summed E-state index contributed by atoms with van der Waals surface area (Å²) in [5.74, 6) is 0.619. The smallest absolute Gasteiger partial charge is 0.224 e. The Balaban J connectivity index is 1.75. The van der Waals surface area contributed by atoms with Crippen molar-refractivity contribution in [2.24, 2.45) is 5.92 Å². The summed E-state index contributed by atoms with van der Waals surface area (Å²) in [5.41, 5.74) is 1.50. The molecule has 1 heterocycles. The molecule has 1 aromatic carbocycles. The first kappa shape index (κ1) is 15.5. The Hall–Kier alpha value is -1.88. The molecular weight excluding hydrogens is 266 g/mol. The summed E-state index contributed by atoms with van der Waals surface area (Å²) in [4.78, 5) is 22.8. The minimum atomic E-state index is -0.103. The second-order valence-electron chi connectivity index (χ2n) is 5.54. The van der Waals surface area contributed by atoms with E-state index in [4.69, 9.17) is 0 Å². The van der Waals surface area contributed by atoms with Gasteiger partial charge in [0.25, 0.3) is 0 Å². The van der Waals surface area contributed by atoms with Crippen LogP contribution in [0.25, 0.3) is 0 Å². The number of carbonyl (C=O) groups is 2. The highest BCUT2D eigenvalue weighted by Gasteiger charge is 2.14. The van der Waals surface area contributed by atoms with Gasteiger partial charge in [0.1, 0.15) is 0 Å². The second kappa shape index (κ2) is 7.78. The summed E-state index contributed by atoms with van der Waals surface area (Å²) in [6.07, 6.45) is 3.85. The molecule has 0 atom stereocenters. The van der Waals surface area contributed by atoms with E-state index in [1.807, 2.05) is 0 Å². The summed E-state index contributed by atoms with van der Waals surface area (Å²) in [6.45, 7) is 3.60. The number of piperidine rings is 1. The van der Waals surface area contributed by atoms with E-state index >= 15 is 0 Å². The highest BCUT2D eigenvalue weighted by atomic mass is 16.2. The molecule has 1 saturated heterocycles. The first-order chi connectivity index (χ1) is 10.1. The average molecular weight is 289 g/mol. The van der Waals surface area contributed by atoms with E-state index in [-0.39, 0.29) is 11.8 Å². The molecular formula is C16H23N3O2. The molecule has 0 saturated carbocycles. The van der Waals surface area contributed by atoms with E-state index in [9.17, 15) is 9.59 Å². The molecule has 2 rings (SSSR count). The summed E-state index contributed by atoms with van der Waals surface area (Å²) >= 11 is 0. The number of anilines is 2. The first-order valence-electron chi connectivity index (χ1n) is 7.52. The van der Waals surface area contributed by atoms with Gasteiger partial charge >= 0.3 is 0 Å². The first-order valence-corrected chi connectivity index (χ1v) is 7.52. The van der Waals surface area contributed by atoms with Crippen LogP contribution in [-0.4, -0.2) is 24.9 Å². The van der Waals surface area contributed by atoms with Crippen LogP contribution in [-0.2, 0) is 9.59 Å². The van der Waals surface area contributed by atoms with Crippen molar-refractivity contribution in [3.63, 3.8) is 0 Å². The van der Waals surface area contributed by atoms with Crippen LogP contribution < -0.4 is 16.0 Å². The standard InChI is InChI=1S/C16H23N3O2/c1-12(20)18-14-3-5-15(6-4-14)19-16(21)7-2-13-8-10-17-11-9-13/h3-6,13,17H,2,7-11H2,1H3,(H,18,20)(H,19,21). The molecule has 5 nitrogen and oxygen atoms in total. The molecule has 3 N–H and O–H groups in total. The van der Waals surface area contributed by atoms with Gasteiger partial charge in [-0.2, -0.15) is 0 Å². The molecule has 0 radical (unpaired) electrons. The number of amides is 2. The van der Waals surface area contributed by atoms with Gasteiger partial charge in [-0.05, 0) is 62.5 Å². The van der Waals surface area contributed by atoms with Crippen molar-refractivity contribution < 1.29 is 9.59 Å². The van der Waals surface area contributed by atoms with E-state index < -0.39 is 0 Å². The molecule has 114 valence electrons. The number of carbonyl (C=O) groups excluding carboxylic acids is 2. The number of benzene rings is 1. The van der Waals surface area contributed by atoms with Crippen LogP contribution in [0.2, 0.25) is 0 Å². The predicted molar refractivity (Wildman–Crippen MR) is 84.2 cm³/mol. The topological polar surface area (TPSA) is 70.2 Å². The van der Waals surface area contributed by atoms with Crippen LogP contribution >= 0.6 is 0 Å². The number of hydrogen-bond donors (Lipinski definition) is 3. The van der Waals surface area contributed by atoms with Gasteiger partial charge in [0.05, 0.1) is 0 Å². The molecule has 21 heavy (non-hydrogen) atoms. The van der Waals surface area contributed by atoms with Crippen molar-refractivity contribution in [3.8, 4) is 0 Å². The maximum atomic E-state index is 11.9. The fourth-order valence-electron chi connectivity index (χ4n) is 2.57. The summed E-state index contributed by atoms with van der Waals surface area (Å²) in [6, 6.07) is 7.16. The number of rotatable bonds is 5. The van der Waals surface area contributed by atoms with Crippen molar-refractivity contribution >= 4 is 23.2 Å². The average Bonchev–Trinajstić information content (AvgIpc) is 2.48. The van der Waals surface area contributed by atoms with Gasteiger partial charge in [-0.15, -0.1) is 0 Å². The van der Waals surface area contributed by atoms with Gasteiger partial charge in [-0.1, -0.05) is 0 Å². The second-order valence-corrected chi connectivity index (χ2v) is 5.54. The lowest BCUT2D eigenvalue weighted by molar-refractivity contribution is -0.116. The zero-order valence-electron chi connectivity index (χ0n) is 12.4. The zero-order valence-corrected chi connectivity index (χ0v) is 12.4. The van der Waals surface area contributed by atoms with E-state index in [1.54, 1.807) is 24.3 Å². The summed E-state index contributed by atoms with van der Waals surface area (Å²) in [7, 11) is 0. The van der Waals surface area contributed by atoms with Gasteiger partial charge in [0, 0.05) is 24.7 Å². The molecule has 1 aromatic rings. The Kier molecular flexibility index (Phi) is 5.75. The molecule has 5 heteroatoms. The van der Waals surface area contributed by atoms with Crippen molar-refractivity contribution in [2.45, 2.75) is 32.6 Å². The molecule has 0 bridgehead atoms. The predicted octanol–water partition coefficient (Wildman–Crippen LogP) is 2.36. The molecule has 1 aliphatic rings. The zero-order chi connectivity index (χ0) is 15.1. The lowest BCUT2D eigenvalue weighted by atomic mass is 9.93. The van der Waals surface area contributed by atoms with Crippen LogP contribution in [0.1, 0.15) is 32.6 Å². The van der Waals surface area contributed by atoms with Crippen molar-refractivity contribution in [1.29, 1.82) is 0 Å². The van der Waals surface area contributed by atoms with Crippen LogP contribution in [0.3, 0.4) is 0 Å². The largest absolute Gasteiger partial charge is 0.326 e. The van der Waals surface area contributed by atoms with E-state index in [1.165, 1.54) is 19.8 Å². The molecule has 1 aliphatic heterocycles. The maximum absolute atomic E-state index is 11.9. The third-order valence-electron chi connectivity index (χ3n) is 3.73. The molecule has 1 fully saturated rings. The van der Waals surface area contributed by atoms with Crippen LogP contribution in [0.5, 0.6) is 0 Å². The highest BCUT2D eigenvalue weighted by Crippen LogP contribution is 2.19. The SMILES string of the molecule is CC(=O)Nc1ccc(NC(=O)CCC2CCNCC2)cc1. The van der Waals surface area contributed by atoms with Crippen molar-refractivity contribution in [1.82, 2.24) is 5.32 Å². The van der Waals surface area contributed by atoms with Gasteiger partial charge in [-0.3, -0.25) is 9.59 Å². The summed E-state index contributed by atoms with van der Waals surface area (Å²) < 4.78 is 0. The minimum Gasteiger partial charge on any atom is -0.326 e. The van der Waals surface area contributed by atoms with Gasteiger partial charge in [0.15, 0.2) is 0 Å². The van der Waals surface area contributed by atoms with Gasteiger partial charge < -0.3 is 16.0 Å². The Morgan fingerprint density at radius 1 is 1.10 bits per heavy atom. The molecule has 0 spiro atoms. The van der Waals surface area contributed by atoms with Crippen molar-refractivity contribution in [2.75, 3.05) is 23.7 Å². The minimum absolute atomic E-state index is 0.0563. The fraction of sp³-hybridized carbons (Fsp3) is 0.500. The summed E-state index contributed by atoms with van der Waals surface area (Å²) in [5, 5.41) is 8.92. The third kappa shape index (κ3) is 5.55. The van der Waals surface area contributed by atoms with Gasteiger partial charge in [-0.25, -0.2) is 0 Å². The van der Waals surface area contributed by atoms with Crippen LogP contribution in [0, 0.1) is 5.92 Å². The quantitative estimate of drug-likeness (QED) is 0.779. The lowest BCUT2D eigenvalue weighted by Gasteiger charge is -2.22. The number of hydrogen-bond acceptors (Lipinski definition) is 3. The van der Waals surface area contributed by atoms with E-state index in [0.717, 1.165) is 30.9 Å². The third-order valence-corrected chi connectivity index (χ3v) is 3.73. The fourth-order valence-corrected chi connectivity index (χ4v) is 2.57. The highest BCUT2D eigenvalue weighted by molar-refractivity contribution is 5.92. The van der Waals surface area contributed by atoms with Crippen LogP contribution in [0.15, 0.2) is 24.3 Å². The molecule has 0 aromatic heterocycles. The normalized spacial score (nSPS) is 15.5.